The van der Waals surface area contributed by atoms with E-state index in [4.69, 9.17) is 4.98 Å². The average molecular weight is 267 g/mol. The minimum atomic E-state index is 0.703. The predicted octanol–water partition coefficient (Wildman–Crippen LogP) is 2.87. The summed E-state index contributed by atoms with van der Waals surface area (Å²) in [4.78, 5) is 7.15. The van der Waals surface area contributed by atoms with Crippen LogP contribution in [-0.2, 0) is 13.1 Å². The Morgan fingerprint density at radius 1 is 1.50 bits per heavy atom. The smallest absolute Gasteiger partial charge is 0.107 e. The third-order valence-electron chi connectivity index (χ3n) is 3.54. The van der Waals surface area contributed by atoms with Gasteiger partial charge >= 0.3 is 0 Å². The van der Waals surface area contributed by atoms with Crippen molar-refractivity contribution in [1.82, 2.24) is 15.2 Å². The topological polar surface area (TPSA) is 28.2 Å². The first kappa shape index (κ1) is 14.0. The number of hydrogen-bond acceptors (Lipinski definition) is 4. The Morgan fingerprint density at radius 2 is 2.28 bits per heavy atom. The minimum Gasteiger partial charge on any atom is -0.310 e. The molecule has 1 N–H and O–H groups in total. The molecule has 0 aliphatic heterocycles. The first-order valence-electron chi connectivity index (χ1n) is 6.99. The number of rotatable bonds is 7. The van der Waals surface area contributed by atoms with E-state index < -0.39 is 0 Å². The Labute approximate surface area is 115 Å². The van der Waals surface area contributed by atoms with E-state index in [1.54, 1.807) is 11.3 Å². The van der Waals surface area contributed by atoms with Crippen molar-refractivity contribution < 1.29 is 0 Å². The molecule has 1 aromatic heterocycles. The van der Waals surface area contributed by atoms with E-state index in [2.05, 4.69) is 36.5 Å². The van der Waals surface area contributed by atoms with Crippen molar-refractivity contribution in [1.29, 1.82) is 0 Å². The van der Waals surface area contributed by atoms with Crippen molar-refractivity contribution in [3.05, 3.63) is 16.1 Å². The Kier molecular flexibility index (Phi) is 5.15. The normalized spacial score (nSPS) is 16.5. The lowest BCUT2D eigenvalue weighted by Gasteiger charge is -2.34. The fourth-order valence-corrected chi connectivity index (χ4v) is 2.94. The summed E-state index contributed by atoms with van der Waals surface area (Å²) in [7, 11) is 2.22. The van der Waals surface area contributed by atoms with Gasteiger partial charge < -0.3 is 5.32 Å². The highest BCUT2D eigenvalue weighted by molar-refractivity contribution is 7.09. The van der Waals surface area contributed by atoms with E-state index in [1.165, 1.54) is 30.0 Å². The van der Waals surface area contributed by atoms with Crippen molar-refractivity contribution in [3.8, 4) is 0 Å². The second kappa shape index (κ2) is 6.64. The van der Waals surface area contributed by atoms with Gasteiger partial charge in [0.15, 0.2) is 0 Å². The molecule has 1 aliphatic rings. The molecular weight excluding hydrogens is 242 g/mol. The Hall–Kier alpha value is -0.450. The zero-order chi connectivity index (χ0) is 13.0. The largest absolute Gasteiger partial charge is 0.310 e. The molecule has 102 valence electrons. The third kappa shape index (κ3) is 4.04. The van der Waals surface area contributed by atoms with Gasteiger partial charge in [0, 0.05) is 24.5 Å². The maximum absolute atomic E-state index is 4.70. The molecule has 0 atom stereocenters. The molecule has 18 heavy (non-hydrogen) atoms. The highest BCUT2D eigenvalue weighted by Crippen LogP contribution is 2.25. The summed E-state index contributed by atoms with van der Waals surface area (Å²) in [5.74, 6) is 0.703. The van der Waals surface area contributed by atoms with Crippen LogP contribution < -0.4 is 5.32 Å². The quantitative estimate of drug-likeness (QED) is 0.823. The van der Waals surface area contributed by atoms with E-state index in [-0.39, 0.29) is 0 Å². The standard InChI is InChI=1S/C14H25N3S/c1-11(2)7-15-8-14-16-12(10-18-14)9-17(3)13-5-4-6-13/h10-11,13,15H,4-9H2,1-3H3. The molecule has 1 aromatic rings. The van der Waals surface area contributed by atoms with Crippen LogP contribution in [-0.4, -0.2) is 29.5 Å². The first-order valence-corrected chi connectivity index (χ1v) is 7.87. The molecular formula is C14H25N3S. The molecule has 0 saturated heterocycles. The monoisotopic (exact) mass is 267 g/mol. The van der Waals surface area contributed by atoms with Gasteiger partial charge in [0.25, 0.3) is 0 Å². The van der Waals surface area contributed by atoms with E-state index >= 15 is 0 Å². The third-order valence-corrected chi connectivity index (χ3v) is 4.44. The van der Waals surface area contributed by atoms with Gasteiger partial charge in [-0.05, 0) is 32.4 Å². The molecule has 1 aliphatic carbocycles. The van der Waals surface area contributed by atoms with E-state index in [0.29, 0.717) is 5.92 Å². The Balaban J connectivity index is 1.74. The molecule has 1 heterocycles. The van der Waals surface area contributed by atoms with Crippen LogP contribution in [0.5, 0.6) is 0 Å². The summed E-state index contributed by atoms with van der Waals surface area (Å²) in [5.41, 5.74) is 1.23. The van der Waals surface area contributed by atoms with E-state index in [0.717, 1.165) is 25.7 Å². The lowest BCUT2D eigenvalue weighted by atomic mass is 9.92. The van der Waals surface area contributed by atoms with Crippen LogP contribution in [0.2, 0.25) is 0 Å². The van der Waals surface area contributed by atoms with Gasteiger partial charge in [-0.15, -0.1) is 11.3 Å². The second-order valence-corrected chi connectivity index (χ2v) is 6.70. The van der Waals surface area contributed by atoms with Gasteiger partial charge in [-0.25, -0.2) is 4.98 Å². The summed E-state index contributed by atoms with van der Waals surface area (Å²) >= 11 is 1.78. The molecule has 1 fully saturated rings. The highest BCUT2D eigenvalue weighted by Gasteiger charge is 2.22. The number of hydrogen-bond donors (Lipinski definition) is 1. The van der Waals surface area contributed by atoms with Crippen LogP contribution in [0, 0.1) is 5.92 Å². The summed E-state index contributed by atoms with van der Waals surface area (Å²) in [6.45, 7) is 7.44. The Bertz CT molecular complexity index is 358. The lowest BCUT2D eigenvalue weighted by Crippen LogP contribution is -2.36. The molecule has 1 saturated carbocycles. The van der Waals surface area contributed by atoms with Gasteiger partial charge in [0.2, 0.25) is 0 Å². The molecule has 0 aromatic carbocycles. The van der Waals surface area contributed by atoms with Crippen molar-refractivity contribution in [3.63, 3.8) is 0 Å². The van der Waals surface area contributed by atoms with Crippen LogP contribution in [0.25, 0.3) is 0 Å². The number of nitrogens with one attached hydrogen (secondary N) is 1. The minimum absolute atomic E-state index is 0.703. The van der Waals surface area contributed by atoms with Crippen LogP contribution in [0.1, 0.15) is 43.8 Å². The van der Waals surface area contributed by atoms with Crippen LogP contribution in [0.15, 0.2) is 5.38 Å². The number of thiazole rings is 1. The molecule has 3 nitrogen and oxygen atoms in total. The zero-order valence-electron chi connectivity index (χ0n) is 11.8. The summed E-state index contributed by atoms with van der Waals surface area (Å²) in [6, 6.07) is 0.800. The molecule has 0 amide bonds. The van der Waals surface area contributed by atoms with Gasteiger partial charge in [0.05, 0.1) is 5.69 Å². The predicted molar refractivity (Wildman–Crippen MR) is 77.8 cm³/mol. The highest BCUT2D eigenvalue weighted by atomic mass is 32.1. The van der Waals surface area contributed by atoms with Gasteiger partial charge in [-0.2, -0.15) is 0 Å². The molecule has 0 bridgehead atoms. The van der Waals surface area contributed by atoms with Gasteiger partial charge in [0.1, 0.15) is 5.01 Å². The lowest BCUT2D eigenvalue weighted by molar-refractivity contribution is 0.151. The van der Waals surface area contributed by atoms with Crippen molar-refractivity contribution in [2.75, 3.05) is 13.6 Å². The summed E-state index contributed by atoms with van der Waals surface area (Å²) < 4.78 is 0. The molecule has 4 heteroatoms. The SMILES string of the molecule is CC(C)CNCc1nc(CN(C)C2CCC2)cs1. The second-order valence-electron chi connectivity index (χ2n) is 5.76. The summed E-state index contributed by atoms with van der Waals surface area (Å²) in [6.07, 6.45) is 4.13. The van der Waals surface area contributed by atoms with Crippen LogP contribution in [0.4, 0.5) is 0 Å². The fraction of sp³-hybridized carbons (Fsp3) is 0.786. The number of aromatic nitrogens is 1. The summed E-state index contributed by atoms with van der Waals surface area (Å²) in [5, 5.41) is 6.87. The van der Waals surface area contributed by atoms with E-state index in [9.17, 15) is 0 Å². The fourth-order valence-electron chi connectivity index (χ4n) is 2.18. The molecule has 0 unspecified atom stereocenters. The number of nitrogens with zero attached hydrogens (tertiary/aromatic N) is 2. The molecule has 0 spiro atoms. The van der Waals surface area contributed by atoms with Crippen molar-refractivity contribution >= 4 is 11.3 Å². The van der Waals surface area contributed by atoms with Crippen LogP contribution in [0.3, 0.4) is 0 Å². The maximum Gasteiger partial charge on any atom is 0.107 e. The van der Waals surface area contributed by atoms with Crippen LogP contribution >= 0.6 is 11.3 Å². The van der Waals surface area contributed by atoms with Crippen molar-refractivity contribution in [2.45, 2.75) is 52.2 Å². The zero-order valence-corrected chi connectivity index (χ0v) is 12.6. The maximum atomic E-state index is 4.70. The Morgan fingerprint density at radius 3 is 2.89 bits per heavy atom. The molecule has 2 rings (SSSR count). The van der Waals surface area contributed by atoms with Gasteiger partial charge in [-0.3, -0.25) is 4.90 Å². The van der Waals surface area contributed by atoms with E-state index in [1.807, 2.05) is 0 Å². The molecule has 0 radical (unpaired) electrons. The van der Waals surface area contributed by atoms with Crippen molar-refractivity contribution in [2.24, 2.45) is 5.92 Å². The first-order chi connectivity index (χ1) is 8.65. The average Bonchev–Trinajstić information content (AvgIpc) is 2.62. The van der Waals surface area contributed by atoms with Gasteiger partial charge in [-0.1, -0.05) is 20.3 Å².